The fourth-order valence-corrected chi connectivity index (χ4v) is 2.36. The zero-order valence-electron chi connectivity index (χ0n) is 9.97. The number of para-hydroxylation sites is 1. The van der Waals surface area contributed by atoms with Crippen molar-refractivity contribution in [2.24, 2.45) is 5.73 Å². The van der Waals surface area contributed by atoms with Crippen LogP contribution in [-0.2, 0) is 10.0 Å². The summed E-state index contributed by atoms with van der Waals surface area (Å²) in [6.45, 7) is 0.986. The van der Waals surface area contributed by atoms with E-state index in [1.807, 2.05) is 0 Å². The lowest BCUT2D eigenvalue weighted by molar-refractivity contribution is 0.521. The predicted molar refractivity (Wildman–Crippen MR) is 69.3 cm³/mol. The highest BCUT2D eigenvalue weighted by atomic mass is 32.2. The summed E-state index contributed by atoms with van der Waals surface area (Å²) in [4.78, 5) is 0.101. The van der Waals surface area contributed by atoms with E-state index in [-0.39, 0.29) is 10.6 Å². The highest BCUT2D eigenvalue weighted by molar-refractivity contribution is 7.89. The van der Waals surface area contributed by atoms with Crippen molar-refractivity contribution in [3.63, 3.8) is 0 Å². The summed E-state index contributed by atoms with van der Waals surface area (Å²) in [6, 6.07) is 4.85. The molecule has 1 aromatic carbocycles. The lowest BCUT2D eigenvalue weighted by Gasteiger charge is -2.16. The number of rotatable bonds is 5. The lowest BCUT2D eigenvalue weighted by Crippen LogP contribution is -2.23. The third-order valence-electron chi connectivity index (χ3n) is 2.28. The Bertz CT molecular complexity index is 485. The van der Waals surface area contributed by atoms with E-state index in [2.05, 4.69) is 5.32 Å². The molecule has 7 heteroatoms. The van der Waals surface area contributed by atoms with E-state index >= 15 is 0 Å². The number of nitrogen functional groups attached to an aromatic ring is 1. The van der Waals surface area contributed by atoms with Gasteiger partial charge in [0.2, 0.25) is 10.0 Å². The van der Waals surface area contributed by atoms with Gasteiger partial charge >= 0.3 is 0 Å². The summed E-state index contributed by atoms with van der Waals surface area (Å²) in [6.07, 6.45) is 0. The van der Waals surface area contributed by atoms with Crippen LogP contribution in [0.5, 0.6) is 0 Å². The molecule has 0 unspecified atom stereocenters. The molecule has 0 heterocycles. The molecule has 5 N–H and O–H groups in total. The van der Waals surface area contributed by atoms with Gasteiger partial charge in [0.05, 0.1) is 11.4 Å². The molecule has 0 aliphatic heterocycles. The lowest BCUT2D eigenvalue weighted by atomic mass is 10.2. The summed E-state index contributed by atoms with van der Waals surface area (Å²) >= 11 is 0. The van der Waals surface area contributed by atoms with E-state index in [4.69, 9.17) is 11.5 Å². The Morgan fingerprint density at radius 1 is 1.35 bits per heavy atom. The number of hydrogen-bond acceptors (Lipinski definition) is 5. The van der Waals surface area contributed by atoms with Crippen LogP contribution in [0.3, 0.4) is 0 Å². The first-order valence-electron chi connectivity index (χ1n) is 5.16. The third-order valence-corrected chi connectivity index (χ3v) is 4.16. The van der Waals surface area contributed by atoms with Crippen molar-refractivity contribution in [3.05, 3.63) is 18.2 Å². The average Bonchev–Trinajstić information content (AvgIpc) is 2.27. The summed E-state index contributed by atoms with van der Waals surface area (Å²) in [5.41, 5.74) is 12.0. The normalized spacial score (nSPS) is 11.8. The maximum Gasteiger partial charge on any atom is 0.244 e. The molecular formula is C10H18N4O2S. The second kappa shape index (κ2) is 5.35. The number of hydrogen-bond donors (Lipinski definition) is 3. The zero-order valence-corrected chi connectivity index (χ0v) is 10.8. The molecule has 6 nitrogen and oxygen atoms in total. The summed E-state index contributed by atoms with van der Waals surface area (Å²) < 4.78 is 25.1. The summed E-state index contributed by atoms with van der Waals surface area (Å²) in [5.74, 6) is 0. The van der Waals surface area contributed by atoms with E-state index in [9.17, 15) is 8.42 Å². The van der Waals surface area contributed by atoms with Gasteiger partial charge in [-0.3, -0.25) is 0 Å². The molecule has 0 radical (unpaired) electrons. The van der Waals surface area contributed by atoms with Gasteiger partial charge in [-0.1, -0.05) is 6.07 Å². The van der Waals surface area contributed by atoms with Gasteiger partial charge in [0.25, 0.3) is 0 Å². The number of sulfonamides is 1. The Morgan fingerprint density at radius 2 is 2.00 bits per heavy atom. The van der Waals surface area contributed by atoms with Crippen LogP contribution in [0.4, 0.5) is 11.4 Å². The van der Waals surface area contributed by atoms with Crippen molar-refractivity contribution in [2.75, 3.05) is 38.2 Å². The minimum absolute atomic E-state index is 0.101. The van der Waals surface area contributed by atoms with Gasteiger partial charge in [-0.2, -0.15) is 0 Å². The second-order valence-corrected chi connectivity index (χ2v) is 5.84. The summed E-state index contributed by atoms with van der Waals surface area (Å²) in [7, 11) is -0.584. The minimum Gasteiger partial charge on any atom is -0.396 e. The first-order valence-corrected chi connectivity index (χ1v) is 6.60. The molecule has 0 aliphatic carbocycles. The molecule has 0 saturated carbocycles. The number of nitrogens with zero attached hydrogens (tertiary/aromatic N) is 1. The fourth-order valence-electron chi connectivity index (χ4n) is 1.33. The molecule has 96 valence electrons. The van der Waals surface area contributed by atoms with Crippen LogP contribution in [0.1, 0.15) is 0 Å². The van der Waals surface area contributed by atoms with Crippen LogP contribution >= 0.6 is 0 Å². The van der Waals surface area contributed by atoms with Crippen molar-refractivity contribution >= 4 is 21.4 Å². The standard InChI is InChI=1S/C10H18N4O2S/c1-14(2)17(15,16)9-5-3-4-8(10(9)12)13-7-6-11/h3-5,13H,6-7,11-12H2,1-2H3. The van der Waals surface area contributed by atoms with Crippen LogP contribution in [0, 0.1) is 0 Å². The van der Waals surface area contributed by atoms with Crippen molar-refractivity contribution in [3.8, 4) is 0 Å². The van der Waals surface area contributed by atoms with E-state index in [0.717, 1.165) is 4.31 Å². The Kier molecular flexibility index (Phi) is 4.33. The first kappa shape index (κ1) is 13.8. The fraction of sp³-hybridized carbons (Fsp3) is 0.400. The van der Waals surface area contributed by atoms with E-state index in [1.54, 1.807) is 12.1 Å². The molecule has 0 atom stereocenters. The molecule has 0 amide bonds. The number of nitrogens with one attached hydrogen (secondary N) is 1. The van der Waals surface area contributed by atoms with Crippen LogP contribution < -0.4 is 16.8 Å². The van der Waals surface area contributed by atoms with Crippen molar-refractivity contribution in [1.82, 2.24) is 4.31 Å². The van der Waals surface area contributed by atoms with Gasteiger partial charge in [-0.05, 0) is 12.1 Å². The van der Waals surface area contributed by atoms with Gasteiger partial charge in [-0.15, -0.1) is 0 Å². The zero-order chi connectivity index (χ0) is 13.1. The predicted octanol–water partition coefficient (Wildman–Crippen LogP) is -0.110. The Labute approximate surface area is 102 Å². The summed E-state index contributed by atoms with van der Waals surface area (Å²) in [5, 5.41) is 2.98. The third kappa shape index (κ3) is 2.87. The molecule has 0 aromatic heterocycles. The molecule has 1 rings (SSSR count). The Balaban J connectivity index is 3.19. The molecule has 0 saturated heterocycles. The van der Waals surface area contributed by atoms with Gasteiger partial charge in [0.15, 0.2) is 0 Å². The minimum atomic E-state index is -3.52. The first-order chi connectivity index (χ1) is 7.91. The number of nitrogens with two attached hydrogens (primary N) is 2. The maximum atomic E-state index is 12.0. The molecular weight excluding hydrogens is 240 g/mol. The van der Waals surface area contributed by atoms with Gasteiger partial charge in [-0.25, -0.2) is 12.7 Å². The number of anilines is 2. The quantitative estimate of drug-likeness (QED) is 0.640. The molecule has 17 heavy (non-hydrogen) atoms. The highest BCUT2D eigenvalue weighted by Crippen LogP contribution is 2.27. The Hall–Kier alpha value is -1.31. The van der Waals surface area contributed by atoms with Crippen LogP contribution in [0.2, 0.25) is 0 Å². The molecule has 0 aliphatic rings. The topological polar surface area (TPSA) is 101 Å². The van der Waals surface area contributed by atoms with Gasteiger partial charge in [0.1, 0.15) is 4.90 Å². The largest absolute Gasteiger partial charge is 0.396 e. The van der Waals surface area contributed by atoms with Crippen molar-refractivity contribution < 1.29 is 8.42 Å². The van der Waals surface area contributed by atoms with Crippen LogP contribution in [0.25, 0.3) is 0 Å². The van der Waals surface area contributed by atoms with E-state index in [0.29, 0.717) is 18.8 Å². The monoisotopic (exact) mass is 258 g/mol. The van der Waals surface area contributed by atoms with Crippen molar-refractivity contribution in [1.29, 1.82) is 0 Å². The Morgan fingerprint density at radius 3 is 2.53 bits per heavy atom. The SMILES string of the molecule is CN(C)S(=O)(=O)c1cccc(NCCN)c1N. The van der Waals surface area contributed by atoms with Crippen LogP contribution in [0.15, 0.2) is 23.1 Å². The van der Waals surface area contributed by atoms with Gasteiger partial charge in [0, 0.05) is 27.2 Å². The number of benzene rings is 1. The van der Waals surface area contributed by atoms with Crippen molar-refractivity contribution in [2.45, 2.75) is 4.90 Å². The average molecular weight is 258 g/mol. The maximum absolute atomic E-state index is 12.0. The molecule has 0 bridgehead atoms. The van der Waals surface area contributed by atoms with Gasteiger partial charge < -0.3 is 16.8 Å². The van der Waals surface area contributed by atoms with E-state index in [1.165, 1.54) is 20.2 Å². The molecule has 1 aromatic rings. The smallest absolute Gasteiger partial charge is 0.244 e. The molecule has 0 fully saturated rings. The molecule has 0 spiro atoms. The van der Waals surface area contributed by atoms with Crippen LogP contribution in [-0.4, -0.2) is 39.9 Å². The second-order valence-electron chi connectivity index (χ2n) is 3.72. The highest BCUT2D eigenvalue weighted by Gasteiger charge is 2.21. The van der Waals surface area contributed by atoms with E-state index < -0.39 is 10.0 Å².